The quantitative estimate of drug-likeness (QED) is 0.621. The summed E-state index contributed by atoms with van der Waals surface area (Å²) in [5.74, 6) is -0.337. The fourth-order valence-electron chi connectivity index (χ4n) is 2.51. The fraction of sp³-hybridized carbons (Fsp3) is 0.474. The number of rotatable bonds is 9. The molecule has 130 valence electrons. The second kappa shape index (κ2) is 9.52. The lowest BCUT2D eigenvalue weighted by atomic mass is 10.1. The summed E-state index contributed by atoms with van der Waals surface area (Å²) in [6.07, 6.45) is 7.22. The molecule has 0 aliphatic carbocycles. The molecule has 1 aromatic carbocycles. The number of carbonyl (C=O) groups excluding carboxylic acids is 1. The molecule has 24 heavy (non-hydrogen) atoms. The molecule has 0 fully saturated rings. The SMILES string of the molecule is CCCCCCCCNC(=O)c1sc(-c2ccc(F)cc2)nc1C. The van der Waals surface area contributed by atoms with Gasteiger partial charge in [-0.05, 0) is 37.6 Å². The highest BCUT2D eigenvalue weighted by atomic mass is 32.1. The molecule has 1 heterocycles. The van der Waals surface area contributed by atoms with E-state index >= 15 is 0 Å². The summed E-state index contributed by atoms with van der Waals surface area (Å²) in [5.41, 5.74) is 1.55. The zero-order chi connectivity index (χ0) is 17.4. The van der Waals surface area contributed by atoms with E-state index in [1.54, 1.807) is 12.1 Å². The van der Waals surface area contributed by atoms with E-state index in [1.807, 2.05) is 6.92 Å². The lowest BCUT2D eigenvalue weighted by Crippen LogP contribution is -2.24. The van der Waals surface area contributed by atoms with Gasteiger partial charge >= 0.3 is 0 Å². The molecule has 0 saturated heterocycles. The molecule has 1 amide bonds. The van der Waals surface area contributed by atoms with E-state index < -0.39 is 0 Å². The number of hydrogen-bond acceptors (Lipinski definition) is 3. The van der Waals surface area contributed by atoms with Crippen LogP contribution in [0.15, 0.2) is 24.3 Å². The molecule has 1 aromatic heterocycles. The van der Waals surface area contributed by atoms with Crippen molar-refractivity contribution in [3.63, 3.8) is 0 Å². The molecule has 0 radical (unpaired) electrons. The first-order valence-corrected chi connectivity index (χ1v) is 9.45. The van der Waals surface area contributed by atoms with Crippen LogP contribution in [-0.4, -0.2) is 17.4 Å². The summed E-state index contributed by atoms with van der Waals surface area (Å²) < 4.78 is 13.0. The van der Waals surface area contributed by atoms with Gasteiger partial charge in [0.05, 0.1) is 5.69 Å². The first-order chi connectivity index (χ1) is 11.6. The van der Waals surface area contributed by atoms with Crippen LogP contribution in [0.25, 0.3) is 10.6 Å². The Morgan fingerprint density at radius 2 is 1.79 bits per heavy atom. The number of nitrogens with one attached hydrogen (secondary N) is 1. The van der Waals surface area contributed by atoms with Crippen LogP contribution in [-0.2, 0) is 0 Å². The summed E-state index contributed by atoms with van der Waals surface area (Å²) in [7, 11) is 0. The van der Waals surface area contributed by atoms with Crippen molar-refractivity contribution in [2.24, 2.45) is 0 Å². The molecule has 1 N–H and O–H groups in total. The summed E-state index contributed by atoms with van der Waals surface area (Å²) in [6, 6.07) is 6.19. The standard InChI is InChI=1S/C19H25FN2OS/c1-3-4-5-6-7-8-13-21-18(23)17-14(2)22-19(24-17)15-9-11-16(20)12-10-15/h9-12H,3-8,13H2,1-2H3,(H,21,23). The third kappa shape index (κ3) is 5.41. The van der Waals surface area contributed by atoms with Crippen LogP contribution in [0.5, 0.6) is 0 Å². The number of hydrogen-bond donors (Lipinski definition) is 1. The van der Waals surface area contributed by atoms with Crippen molar-refractivity contribution in [2.75, 3.05) is 6.54 Å². The number of aryl methyl sites for hydroxylation is 1. The van der Waals surface area contributed by atoms with E-state index in [0.717, 1.165) is 29.1 Å². The molecule has 0 aliphatic heterocycles. The minimum absolute atomic E-state index is 0.0630. The topological polar surface area (TPSA) is 42.0 Å². The van der Waals surface area contributed by atoms with Gasteiger partial charge in [0.1, 0.15) is 15.7 Å². The van der Waals surface area contributed by atoms with Gasteiger partial charge in [0, 0.05) is 12.1 Å². The maximum absolute atomic E-state index is 13.0. The van der Waals surface area contributed by atoms with Crippen molar-refractivity contribution >= 4 is 17.2 Å². The highest BCUT2D eigenvalue weighted by Gasteiger charge is 2.15. The minimum Gasteiger partial charge on any atom is -0.351 e. The van der Waals surface area contributed by atoms with Gasteiger partial charge in [-0.25, -0.2) is 9.37 Å². The number of aromatic nitrogens is 1. The molecule has 3 nitrogen and oxygen atoms in total. The Balaban J connectivity index is 1.85. The highest BCUT2D eigenvalue weighted by molar-refractivity contribution is 7.17. The number of unbranched alkanes of at least 4 members (excludes halogenated alkanes) is 5. The van der Waals surface area contributed by atoms with Crippen molar-refractivity contribution in [3.05, 3.63) is 40.7 Å². The van der Waals surface area contributed by atoms with Crippen LogP contribution in [0, 0.1) is 12.7 Å². The van der Waals surface area contributed by atoms with Gasteiger partial charge in [-0.2, -0.15) is 0 Å². The van der Waals surface area contributed by atoms with Gasteiger partial charge < -0.3 is 5.32 Å². The second-order valence-electron chi connectivity index (χ2n) is 5.96. The van der Waals surface area contributed by atoms with E-state index in [2.05, 4.69) is 17.2 Å². The van der Waals surface area contributed by atoms with E-state index in [4.69, 9.17) is 0 Å². The van der Waals surface area contributed by atoms with Gasteiger partial charge in [-0.15, -0.1) is 11.3 Å². The molecule has 2 aromatic rings. The predicted octanol–water partition coefficient (Wildman–Crippen LogP) is 5.35. The van der Waals surface area contributed by atoms with Crippen LogP contribution in [0.4, 0.5) is 4.39 Å². The Hall–Kier alpha value is -1.75. The summed E-state index contributed by atoms with van der Waals surface area (Å²) >= 11 is 1.36. The normalized spacial score (nSPS) is 10.8. The lowest BCUT2D eigenvalue weighted by molar-refractivity contribution is 0.0956. The molecular formula is C19H25FN2OS. The molecule has 5 heteroatoms. The predicted molar refractivity (Wildman–Crippen MR) is 98.0 cm³/mol. The van der Waals surface area contributed by atoms with E-state index in [9.17, 15) is 9.18 Å². The van der Waals surface area contributed by atoms with Crippen LogP contribution in [0.2, 0.25) is 0 Å². The lowest BCUT2D eigenvalue weighted by Gasteiger charge is -2.04. The average molecular weight is 348 g/mol. The van der Waals surface area contributed by atoms with E-state index in [0.29, 0.717) is 11.4 Å². The maximum Gasteiger partial charge on any atom is 0.263 e. The second-order valence-corrected chi connectivity index (χ2v) is 6.96. The molecule has 0 saturated carbocycles. The third-order valence-electron chi connectivity index (χ3n) is 3.91. The number of amides is 1. The monoisotopic (exact) mass is 348 g/mol. The average Bonchev–Trinajstić information content (AvgIpc) is 2.96. The highest BCUT2D eigenvalue weighted by Crippen LogP contribution is 2.28. The Morgan fingerprint density at radius 1 is 1.12 bits per heavy atom. The Morgan fingerprint density at radius 3 is 2.50 bits per heavy atom. The van der Waals surface area contributed by atoms with Gasteiger partial charge in [-0.1, -0.05) is 39.0 Å². The van der Waals surface area contributed by atoms with Crippen LogP contribution >= 0.6 is 11.3 Å². The van der Waals surface area contributed by atoms with Crippen LogP contribution < -0.4 is 5.32 Å². The van der Waals surface area contributed by atoms with Gasteiger partial charge in [0.15, 0.2) is 0 Å². The first kappa shape index (κ1) is 18.6. The van der Waals surface area contributed by atoms with Crippen molar-refractivity contribution in [3.8, 4) is 10.6 Å². The number of benzene rings is 1. The summed E-state index contributed by atoms with van der Waals surface area (Å²) in [6.45, 7) is 4.75. The zero-order valence-corrected chi connectivity index (χ0v) is 15.2. The fourth-order valence-corrected chi connectivity index (χ4v) is 3.50. The first-order valence-electron chi connectivity index (χ1n) is 8.63. The van der Waals surface area contributed by atoms with E-state index in [-0.39, 0.29) is 11.7 Å². The Kier molecular flexibility index (Phi) is 7.37. The van der Waals surface area contributed by atoms with Crippen molar-refractivity contribution in [2.45, 2.75) is 52.4 Å². The number of halogens is 1. The summed E-state index contributed by atoms with van der Waals surface area (Å²) in [4.78, 5) is 17.4. The smallest absolute Gasteiger partial charge is 0.263 e. The Bertz CT molecular complexity index is 652. The molecule has 0 spiro atoms. The van der Waals surface area contributed by atoms with Gasteiger partial charge in [-0.3, -0.25) is 4.79 Å². The van der Waals surface area contributed by atoms with Gasteiger partial charge in [0.2, 0.25) is 0 Å². The molecule has 0 unspecified atom stereocenters. The molecule has 0 bridgehead atoms. The zero-order valence-electron chi connectivity index (χ0n) is 14.4. The third-order valence-corrected chi connectivity index (χ3v) is 5.12. The molecule has 0 aliphatic rings. The van der Waals surface area contributed by atoms with Crippen LogP contribution in [0.3, 0.4) is 0 Å². The van der Waals surface area contributed by atoms with Crippen molar-refractivity contribution in [1.82, 2.24) is 10.3 Å². The van der Waals surface area contributed by atoms with Crippen molar-refractivity contribution < 1.29 is 9.18 Å². The molecular weight excluding hydrogens is 323 g/mol. The largest absolute Gasteiger partial charge is 0.351 e. The number of thiazole rings is 1. The molecule has 2 rings (SSSR count). The van der Waals surface area contributed by atoms with E-state index in [1.165, 1.54) is 49.2 Å². The van der Waals surface area contributed by atoms with Crippen molar-refractivity contribution in [1.29, 1.82) is 0 Å². The van der Waals surface area contributed by atoms with Crippen LogP contribution in [0.1, 0.15) is 60.8 Å². The summed E-state index contributed by atoms with van der Waals surface area (Å²) in [5, 5.41) is 3.72. The van der Waals surface area contributed by atoms with Gasteiger partial charge in [0.25, 0.3) is 5.91 Å². The minimum atomic E-state index is -0.274. The Labute approximate surface area is 147 Å². The maximum atomic E-state index is 13.0. The number of carbonyl (C=O) groups is 1. The number of nitrogens with zero attached hydrogens (tertiary/aromatic N) is 1. The molecule has 0 atom stereocenters.